The summed E-state index contributed by atoms with van der Waals surface area (Å²) in [7, 11) is 0. The Labute approximate surface area is 79.6 Å². The molecule has 14 heavy (non-hydrogen) atoms. The van der Waals surface area contributed by atoms with Crippen molar-refractivity contribution in [2.45, 2.75) is 31.6 Å². The number of aromatic nitrogens is 3. The summed E-state index contributed by atoms with van der Waals surface area (Å²) < 4.78 is 6.16. The zero-order valence-electron chi connectivity index (χ0n) is 7.48. The lowest BCUT2D eigenvalue weighted by Crippen LogP contribution is -2.31. The van der Waals surface area contributed by atoms with Gasteiger partial charge in [0.25, 0.3) is 0 Å². The van der Waals surface area contributed by atoms with Crippen molar-refractivity contribution in [3.8, 4) is 0 Å². The highest BCUT2D eigenvalue weighted by molar-refractivity contribution is 4.86. The Bertz CT molecular complexity index is 328. The maximum absolute atomic E-state index is 9.47. The standard InChI is InChI=1S/C7H11N3O4/c1-3-8-2-10(9-3)6-4(11)5(12)7(13)14-6/h2,4-7,11-13H,1H3/t4-,5+,6-,7?/m1/s1. The van der Waals surface area contributed by atoms with Crippen LogP contribution in [0.15, 0.2) is 6.33 Å². The van der Waals surface area contributed by atoms with Crippen LogP contribution in [0.3, 0.4) is 0 Å². The van der Waals surface area contributed by atoms with E-state index in [1.54, 1.807) is 6.92 Å². The van der Waals surface area contributed by atoms with E-state index in [-0.39, 0.29) is 0 Å². The molecule has 0 bridgehead atoms. The zero-order valence-corrected chi connectivity index (χ0v) is 7.48. The molecule has 1 unspecified atom stereocenters. The molecule has 3 N–H and O–H groups in total. The number of aryl methyl sites for hydroxylation is 1. The van der Waals surface area contributed by atoms with Crippen LogP contribution in [0, 0.1) is 6.92 Å². The molecule has 7 nitrogen and oxygen atoms in total. The van der Waals surface area contributed by atoms with Gasteiger partial charge >= 0.3 is 0 Å². The van der Waals surface area contributed by atoms with Crippen LogP contribution < -0.4 is 0 Å². The van der Waals surface area contributed by atoms with Gasteiger partial charge in [-0.25, -0.2) is 9.67 Å². The van der Waals surface area contributed by atoms with E-state index in [4.69, 9.17) is 9.84 Å². The summed E-state index contributed by atoms with van der Waals surface area (Å²) in [6, 6.07) is 0. The fourth-order valence-electron chi connectivity index (χ4n) is 1.34. The van der Waals surface area contributed by atoms with Gasteiger partial charge in [0.2, 0.25) is 0 Å². The molecule has 0 spiro atoms. The van der Waals surface area contributed by atoms with E-state index in [0.29, 0.717) is 5.82 Å². The molecule has 1 aliphatic heterocycles. The van der Waals surface area contributed by atoms with Crippen molar-refractivity contribution in [1.29, 1.82) is 0 Å². The average molecular weight is 201 g/mol. The maximum atomic E-state index is 9.47. The second-order valence-electron chi connectivity index (χ2n) is 3.17. The predicted octanol–water partition coefficient (Wildman–Crippen LogP) is -1.84. The molecule has 0 aromatic carbocycles. The van der Waals surface area contributed by atoms with Crippen molar-refractivity contribution in [2.24, 2.45) is 0 Å². The molecule has 1 aliphatic rings. The van der Waals surface area contributed by atoms with Crippen molar-refractivity contribution in [3.05, 3.63) is 12.2 Å². The number of ether oxygens (including phenoxy) is 1. The Morgan fingerprint density at radius 1 is 1.36 bits per heavy atom. The minimum absolute atomic E-state index is 0.525. The van der Waals surface area contributed by atoms with Crippen LogP contribution in [0.1, 0.15) is 12.1 Å². The minimum Gasteiger partial charge on any atom is -0.385 e. The number of hydrogen-bond acceptors (Lipinski definition) is 6. The number of aliphatic hydroxyl groups excluding tert-OH is 3. The smallest absolute Gasteiger partial charge is 0.186 e. The van der Waals surface area contributed by atoms with Crippen LogP contribution in [-0.2, 0) is 4.74 Å². The first kappa shape index (κ1) is 9.53. The fraction of sp³-hybridized carbons (Fsp3) is 0.714. The number of hydrogen-bond donors (Lipinski definition) is 3. The van der Waals surface area contributed by atoms with Crippen LogP contribution in [0.25, 0.3) is 0 Å². The molecule has 0 saturated carbocycles. The maximum Gasteiger partial charge on any atom is 0.186 e. The highest BCUT2D eigenvalue weighted by atomic mass is 16.7. The van der Waals surface area contributed by atoms with E-state index >= 15 is 0 Å². The molecule has 2 heterocycles. The fourth-order valence-corrected chi connectivity index (χ4v) is 1.34. The molecule has 2 rings (SSSR count). The third-order valence-electron chi connectivity index (χ3n) is 2.10. The van der Waals surface area contributed by atoms with E-state index in [1.807, 2.05) is 0 Å². The van der Waals surface area contributed by atoms with Gasteiger partial charge in [-0.05, 0) is 6.92 Å². The van der Waals surface area contributed by atoms with Crippen LogP contribution in [-0.4, -0.2) is 48.6 Å². The molecular weight excluding hydrogens is 190 g/mol. The van der Waals surface area contributed by atoms with E-state index in [1.165, 1.54) is 11.0 Å². The molecule has 1 saturated heterocycles. The van der Waals surface area contributed by atoms with Gasteiger partial charge in [-0.15, -0.1) is 0 Å². The summed E-state index contributed by atoms with van der Waals surface area (Å²) >= 11 is 0. The molecule has 4 atom stereocenters. The summed E-state index contributed by atoms with van der Waals surface area (Å²) in [5, 5.41) is 31.7. The van der Waals surface area contributed by atoms with Gasteiger partial charge in [-0.2, -0.15) is 5.10 Å². The molecule has 0 radical (unpaired) electrons. The van der Waals surface area contributed by atoms with Crippen molar-refractivity contribution in [3.63, 3.8) is 0 Å². The summed E-state index contributed by atoms with van der Waals surface area (Å²) in [6.07, 6.45) is -3.43. The first-order valence-corrected chi connectivity index (χ1v) is 4.17. The molecule has 1 aromatic heterocycles. The molecule has 78 valence electrons. The third kappa shape index (κ3) is 1.40. The average Bonchev–Trinajstić information content (AvgIpc) is 2.66. The Balaban J connectivity index is 2.20. The first-order valence-electron chi connectivity index (χ1n) is 4.17. The first-order chi connectivity index (χ1) is 6.59. The number of aliphatic hydroxyl groups is 3. The molecule has 1 aromatic rings. The second kappa shape index (κ2) is 3.28. The minimum atomic E-state index is -1.39. The number of rotatable bonds is 1. The summed E-state index contributed by atoms with van der Waals surface area (Å²) in [5.74, 6) is 0.525. The normalized spacial score (nSPS) is 37.7. The van der Waals surface area contributed by atoms with Crippen molar-refractivity contribution < 1.29 is 20.1 Å². The van der Waals surface area contributed by atoms with E-state index < -0.39 is 24.7 Å². The van der Waals surface area contributed by atoms with Crippen LogP contribution in [0.5, 0.6) is 0 Å². The highest BCUT2D eigenvalue weighted by Crippen LogP contribution is 2.26. The lowest BCUT2D eigenvalue weighted by molar-refractivity contribution is -0.144. The van der Waals surface area contributed by atoms with Gasteiger partial charge in [0.15, 0.2) is 12.5 Å². The third-order valence-corrected chi connectivity index (χ3v) is 2.10. The van der Waals surface area contributed by atoms with E-state index in [9.17, 15) is 10.2 Å². The van der Waals surface area contributed by atoms with Gasteiger partial charge in [0.05, 0.1) is 0 Å². The van der Waals surface area contributed by atoms with Crippen molar-refractivity contribution >= 4 is 0 Å². The van der Waals surface area contributed by atoms with Gasteiger partial charge in [0, 0.05) is 0 Å². The van der Waals surface area contributed by atoms with Crippen molar-refractivity contribution in [2.75, 3.05) is 0 Å². The molecule has 1 fully saturated rings. The van der Waals surface area contributed by atoms with Crippen LogP contribution >= 0.6 is 0 Å². The lowest BCUT2D eigenvalue weighted by atomic mass is 10.2. The van der Waals surface area contributed by atoms with Gasteiger partial charge < -0.3 is 20.1 Å². The second-order valence-corrected chi connectivity index (χ2v) is 3.17. The van der Waals surface area contributed by atoms with Gasteiger partial charge in [0.1, 0.15) is 24.4 Å². The monoisotopic (exact) mass is 201 g/mol. The van der Waals surface area contributed by atoms with Gasteiger partial charge in [-0.1, -0.05) is 0 Å². The predicted molar refractivity (Wildman–Crippen MR) is 42.9 cm³/mol. The molecular formula is C7H11N3O4. The Kier molecular flexibility index (Phi) is 2.23. The molecule has 0 amide bonds. The number of nitrogens with zero attached hydrogens (tertiary/aromatic N) is 3. The Morgan fingerprint density at radius 2 is 2.07 bits per heavy atom. The lowest BCUT2D eigenvalue weighted by Gasteiger charge is -2.13. The van der Waals surface area contributed by atoms with E-state index in [2.05, 4.69) is 10.1 Å². The van der Waals surface area contributed by atoms with Crippen LogP contribution in [0.4, 0.5) is 0 Å². The quantitative estimate of drug-likeness (QED) is 0.493. The Hall–Kier alpha value is -1.02. The van der Waals surface area contributed by atoms with Crippen molar-refractivity contribution in [1.82, 2.24) is 14.8 Å². The highest BCUT2D eigenvalue weighted by Gasteiger charge is 2.43. The zero-order chi connectivity index (χ0) is 10.3. The Morgan fingerprint density at radius 3 is 2.50 bits per heavy atom. The largest absolute Gasteiger partial charge is 0.385 e. The summed E-state index contributed by atoms with van der Waals surface area (Å²) in [5.41, 5.74) is 0. The molecule has 0 aliphatic carbocycles. The SMILES string of the molecule is Cc1ncn([C@@H]2OC(O)[C@@H](O)[C@H]2O)n1. The topological polar surface area (TPSA) is 101 Å². The molecule has 7 heteroatoms. The summed E-state index contributed by atoms with van der Waals surface area (Å²) in [6.45, 7) is 1.69. The van der Waals surface area contributed by atoms with Gasteiger partial charge in [-0.3, -0.25) is 0 Å². The summed E-state index contributed by atoms with van der Waals surface area (Å²) in [4.78, 5) is 3.84. The van der Waals surface area contributed by atoms with E-state index in [0.717, 1.165) is 0 Å². The van der Waals surface area contributed by atoms with Crippen LogP contribution in [0.2, 0.25) is 0 Å².